The number of anilines is 1. The van der Waals surface area contributed by atoms with E-state index in [1.54, 1.807) is 0 Å². The summed E-state index contributed by atoms with van der Waals surface area (Å²) in [6.45, 7) is -0.142. The molecule has 4 N–H and O–H groups in total. The van der Waals surface area contributed by atoms with Gasteiger partial charge in [0.25, 0.3) is 6.43 Å². The van der Waals surface area contributed by atoms with E-state index in [1.807, 2.05) is 0 Å². The number of alkyl halides is 2. The lowest BCUT2D eigenvalue weighted by molar-refractivity contribution is 0.143. The van der Waals surface area contributed by atoms with Gasteiger partial charge in [-0.25, -0.2) is 13.8 Å². The number of hydrogen-bond donors (Lipinski definition) is 2. The number of nitrogen functional groups attached to an aromatic ring is 1. The van der Waals surface area contributed by atoms with Crippen molar-refractivity contribution in [2.75, 3.05) is 5.73 Å². The Balaban J connectivity index is 3.25. The van der Waals surface area contributed by atoms with Gasteiger partial charge in [-0.1, -0.05) is 0 Å². The van der Waals surface area contributed by atoms with E-state index in [0.29, 0.717) is 0 Å². The summed E-state index contributed by atoms with van der Waals surface area (Å²) < 4.78 is 37.0. The molecule has 0 unspecified atom stereocenters. The molecule has 72 valence electrons. The summed E-state index contributed by atoms with van der Waals surface area (Å²) in [4.78, 5) is 3.02. The summed E-state index contributed by atoms with van der Waals surface area (Å²) in [5, 5.41) is 0. The van der Waals surface area contributed by atoms with Crippen LogP contribution in [0, 0.1) is 5.95 Å². The average molecular weight is 191 g/mol. The Bertz CT molecular complexity index is 314. The molecule has 0 atom stereocenters. The maximum Gasteiger partial charge on any atom is 0.280 e. The van der Waals surface area contributed by atoms with Crippen LogP contribution in [0.3, 0.4) is 0 Å². The fraction of sp³-hybridized carbons (Fsp3) is 0.286. The molecule has 3 nitrogen and oxygen atoms in total. The quantitative estimate of drug-likeness (QED) is 0.690. The molecule has 0 aromatic carbocycles. The summed E-state index contributed by atoms with van der Waals surface area (Å²) >= 11 is 0. The molecule has 0 spiro atoms. The van der Waals surface area contributed by atoms with Crippen LogP contribution < -0.4 is 11.5 Å². The molecule has 6 heteroatoms. The molecule has 0 fully saturated rings. The molecular weight excluding hydrogens is 183 g/mol. The molecule has 0 aliphatic carbocycles. The molecule has 0 bridgehead atoms. The largest absolute Gasteiger partial charge is 0.395 e. The van der Waals surface area contributed by atoms with E-state index in [4.69, 9.17) is 11.5 Å². The molecular formula is C7H8F3N3. The zero-order valence-electron chi connectivity index (χ0n) is 6.60. The number of pyridine rings is 1. The van der Waals surface area contributed by atoms with Gasteiger partial charge in [-0.2, -0.15) is 4.39 Å². The van der Waals surface area contributed by atoms with Gasteiger partial charge in [0.2, 0.25) is 5.95 Å². The Morgan fingerprint density at radius 2 is 2.08 bits per heavy atom. The van der Waals surface area contributed by atoms with Crippen LogP contribution in [0.2, 0.25) is 0 Å². The second-order valence-corrected chi connectivity index (χ2v) is 2.42. The summed E-state index contributed by atoms with van der Waals surface area (Å²) in [6.07, 6.45) is -2.84. The predicted molar refractivity (Wildman–Crippen MR) is 41.5 cm³/mol. The number of nitrogens with zero attached hydrogens (tertiary/aromatic N) is 1. The van der Waals surface area contributed by atoms with Crippen LogP contribution in [0.15, 0.2) is 6.07 Å². The third-order valence-electron chi connectivity index (χ3n) is 1.54. The number of halogens is 3. The molecule has 1 rings (SSSR count). The number of rotatable bonds is 2. The van der Waals surface area contributed by atoms with Gasteiger partial charge in [-0.05, 0) is 11.6 Å². The van der Waals surface area contributed by atoms with Crippen molar-refractivity contribution < 1.29 is 13.2 Å². The highest BCUT2D eigenvalue weighted by Gasteiger charge is 2.16. The minimum atomic E-state index is -2.84. The average Bonchev–Trinajstić information content (AvgIpc) is 2.08. The molecule has 0 aliphatic heterocycles. The number of hydrogen-bond acceptors (Lipinski definition) is 3. The molecule has 1 aromatic heterocycles. The Morgan fingerprint density at radius 3 is 2.54 bits per heavy atom. The summed E-state index contributed by atoms with van der Waals surface area (Å²) in [7, 11) is 0. The fourth-order valence-electron chi connectivity index (χ4n) is 0.916. The van der Waals surface area contributed by atoms with E-state index in [1.165, 1.54) is 0 Å². The summed E-state index contributed by atoms with van der Waals surface area (Å²) in [5.41, 5.74) is 9.43. The first kappa shape index (κ1) is 9.79. The van der Waals surface area contributed by atoms with Crippen molar-refractivity contribution in [3.63, 3.8) is 0 Å². The molecule has 0 saturated heterocycles. The third kappa shape index (κ3) is 1.89. The van der Waals surface area contributed by atoms with Crippen molar-refractivity contribution in [2.45, 2.75) is 13.0 Å². The van der Waals surface area contributed by atoms with E-state index >= 15 is 0 Å². The summed E-state index contributed by atoms with van der Waals surface area (Å²) in [5.74, 6) is -1.09. The van der Waals surface area contributed by atoms with Gasteiger partial charge in [0.1, 0.15) is 5.69 Å². The Labute approximate surface area is 72.6 Å². The molecule has 13 heavy (non-hydrogen) atoms. The number of nitrogens with two attached hydrogens (primary N) is 2. The van der Waals surface area contributed by atoms with Crippen LogP contribution in [0.5, 0.6) is 0 Å². The topological polar surface area (TPSA) is 64.9 Å². The van der Waals surface area contributed by atoms with Gasteiger partial charge in [-0.15, -0.1) is 0 Å². The standard InChI is InChI=1S/C7H8F3N3/c8-6(9)5-3(2-11)1-4(12)7(10)13-5/h1,6H,2,11-12H2. The third-order valence-corrected chi connectivity index (χ3v) is 1.54. The van der Waals surface area contributed by atoms with Gasteiger partial charge >= 0.3 is 0 Å². The van der Waals surface area contributed by atoms with Crippen LogP contribution in [0.25, 0.3) is 0 Å². The lowest BCUT2D eigenvalue weighted by atomic mass is 10.2. The molecule has 1 heterocycles. The Kier molecular flexibility index (Phi) is 2.72. The normalized spacial score (nSPS) is 10.8. The summed E-state index contributed by atoms with van der Waals surface area (Å²) in [6, 6.07) is 1.07. The van der Waals surface area contributed by atoms with E-state index in [0.717, 1.165) is 6.07 Å². The first-order chi connectivity index (χ1) is 6.06. The van der Waals surface area contributed by atoms with Crippen LogP contribution in [-0.4, -0.2) is 4.98 Å². The maximum absolute atomic E-state index is 12.6. The van der Waals surface area contributed by atoms with E-state index in [-0.39, 0.29) is 17.8 Å². The minimum Gasteiger partial charge on any atom is -0.395 e. The van der Waals surface area contributed by atoms with E-state index in [9.17, 15) is 13.2 Å². The highest BCUT2D eigenvalue weighted by atomic mass is 19.3. The van der Waals surface area contributed by atoms with Crippen LogP contribution in [0.4, 0.5) is 18.9 Å². The Hall–Kier alpha value is -1.30. The zero-order valence-corrected chi connectivity index (χ0v) is 6.60. The smallest absolute Gasteiger partial charge is 0.280 e. The molecule has 0 saturated carbocycles. The van der Waals surface area contributed by atoms with Gasteiger partial charge < -0.3 is 11.5 Å². The second kappa shape index (κ2) is 3.61. The molecule has 0 radical (unpaired) electrons. The minimum absolute atomic E-state index is 0.0638. The molecule has 1 aromatic rings. The number of aromatic nitrogens is 1. The molecule has 0 amide bonds. The van der Waals surface area contributed by atoms with Gasteiger partial charge in [0.15, 0.2) is 0 Å². The van der Waals surface area contributed by atoms with Gasteiger partial charge in [-0.3, -0.25) is 0 Å². The van der Waals surface area contributed by atoms with E-state index in [2.05, 4.69) is 4.98 Å². The lowest BCUT2D eigenvalue weighted by Gasteiger charge is -2.06. The van der Waals surface area contributed by atoms with Gasteiger partial charge in [0, 0.05) is 6.54 Å². The van der Waals surface area contributed by atoms with Crippen LogP contribution >= 0.6 is 0 Å². The van der Waals surface area contributed by atoms with Crippen molar-refractivity contribution >= 4 is 5.69 Å². The van der Waals surface area contributed by atoms with Crippen LogP contribution in [0.1, 0.15) is 17.7 Å². The predicted octanol–water partition coefficient (Wildman–Crippen LogP) is 1.20. The SMILES string of the molecule is NCc1cc(N)c(F)nc1C(F)F. The molecule has 0 aliphatic rings. The zero-order chi connectivity index (χ0) is 10.0. The lowest BCUT2D eigenvalue weighted by Crippen LogP contribution is -2.08. The first-order valence-electron chi connectivity index (χ1n) is 3.49. The monoisotopic (exact) mass is 191 g/mol. The Morgan fingerprint density at radius 1 is 1.46 bits per heavy atom. The van der Waals surface area contributed by atoms with Crippen molar-refractivity contribution in [2.24, 2.45) is 5.73 Å². The van der Waals surface area contributed by atoms with Gasteiger partial charge in [0.05, 0.1) is 5.69 Å². The highest BCUT2D eigenvalue weighted by molar-refractivity contribution is 5.41. The second-order valence-electron chi connectivity index (χ2n) is 2.42. The van der Waals surface area contributed by atoms with Crippen molar-refractivity contribution in [1.82, 2.24) is 4.98 Å². The highest BCUT2D eigenvalue weighted by Crippen LogP contribution is 2.23. The maximum atomic E-state index is 12.6. The van der Waals surface area contributed by atoms with Crippen molar-refractivity contribution in [3.8, 4) is 0 Å². The fourth-order valence-corrected chi connectivity index (χ4v) is 0.916. The van der Waals surface area contributed by atoms with Crippen molar-refractivity contribution in [3.05, 3.63) is 23.3 Å². The van der Waals surface area contributed by atoms with Crippen molar-refractivity contribution in [1.29, 1.82) is 0 Å². The van der Waals surface area contributed by atoms with E-state index < -0.39 is 18.1 Å². The van der Waals surface area contributed by atoms with Crippen LogP contribution in [-0.2, 0) is 6.54 Å². The first-order valence-corrected chi connectivity index (χ1v) is 3.49.